The highest BCUT2D eigenvalue weighted by Gasteiger charge is 2.31. The van der Waals surface area contributed by atoms with Crippen LogP contribution in [0.25, 0.3) is 0 Å². The van der Waals surface area contributed by atoms with E-state index in [1.807, 2.05) is 13.8 Å². The molecule has 1 aliphatic rings. The Bertz CT molecular complexity index is 390. The van der Waals surface area contributed by atoms with Crippen LogP contribution in [0.4, 0.5) is 0 Å². The molecule has 0 aromatic carbocycles. The molecule has 0 saturated carbocycles. The number of primary amides is 1. The van der Waals surface area contributed by atoms with Gasteiger partial charge in [0, 0.05) is 12.5 Å². The van der Waals surface area contributed by atoms with Gasteiger partial charge in [0.15, 0.2) is 0 Å². The summed E-state index contributed by atoms with van der Waals surface area (Å²) in [6.45, 7) is 4.51. The van der Waals surface area contributed by atoms with Crippen LogP contribution in [0.2, 0.25) is 0 Å². The summed E-state index contributed by atoms with van der Waals surface area (Å²) < 4.78 is 0. The number of carbonyl (C=O) groups is 3. The standard InChI is InChI=1S/C13H24N4O3.ClH/c1-7(2)5-9(14)13(20)17-10(11(15)18)6-8-3-4-16-12(8)19;/h7-10H,3-6,14H2,1-2H3,(H2,15,18)(H,16,19)(H,17,20);1H/t8-,9-,10-;/m0./s1. The molecule has 0 radical (unpaired) electrons. The van der Waals surface area contributed by atoms with E-state index in [4.69, 9.17) is 11.5 Å². The number of hydrogen-bond donors (Lipinski definition) is 4. The normalized spacial score (nSPS) is 20.4. The maximum absolute atomic E-state index is 11.9. The number of nitrogens with one attached hydrogen (secondary N) is 2. The van der Waals surface area contributed by atoms with Crippen LogP contribution in [0, 0.1) is 11.8 Å². The molecule has 1 aliphatic heterocycles. The second kappa shape index (κ2) is 8.84. The third-order valence-electron chi connectivity index (χ3n) is 3.41. The van der Waals surface area contributed by atoms with Crippen LogP contribution < -0.4 is 22.1 Å². The Morgan fingerprint density at radius 3 is 2.48 bits per heavy atom. The predicted molar refractivity (Wildman–Crippen MR) is 81.5 cm³/mol. The highest BCUT2D eigenvalue weighted by molar-refractivity contribution is 5.89. The van der Waals surface area contributed by atoms with Crippen LogP contribution in [0.3, 0.4) is 0 Å². The Morgan fingerprint density at radius 1 is 1.43 bits per heavy atom. The fourth-order valence-electron chi connectivity index (χ4n) is 2.29. The molecule has 0 bridgehead atoms. The van der Waals surface area contributed by atoms with Crippen molar-refractivity contribution in [3.8, 4) is 0 Å². The molecule has 3 atom stereocenters. The zero-order valence-electron chi connectivity index (χ0n) is 12.4. The van der Waals surface area contributed by atoms with Gasteiger partial charge in [-0.2, -0.15) is 0 Å². The maximum Gasteiger partial charge on any atom is 0.240 e. The molecule has 1 rings (SSSR count). The van der Waals surface area contributed by atoms with Crippen molar-refractivity contribution < 1.29 is 14.4 Å². The first-order valence-electron chi connectivity index (χ1n) is 6.94. The second-order valence-corrected chi connectivity index (χ2v) is 5.71. The number of nitrogens with two attached hydrogens (primary N) is 2. The molecule has 0 spiro atoms. The SMILES string of the molecule is CC(C)C[C@H](N)C(=O)N[C@@H](C[C@@H]1CCNC1=O)C(N)=O.Cl. The first-order chi connectivity index (χ1) is 9.31. The van der Waals surface area contributed by atoms with Crippen LogP contribution in [0.5, 0.6) is 0 Å². The quantitative estimate of drug-likeness (QED) is 0.493. The third-order valence-corrected chi connectivity index (χ3v) is 3.41. The first-order valence-corrected chi connectivity index (χ1v) is 6.94. The van der Waals surface area contributed by atoms with Gasteiger partial charge in [0.1, 0.15) is 6.04 Å². The highest BCUT2D eigenvalue weighted by Crippen LogP contribution is 2.16. The predicted octanol–water partition coefficient (Wildman–Crippen LogP) is -0.722. The Morgan fingerprint density at radius 2 is 2.05 bits per heavy atom. The average Bonchev–Trinajstić information content (AvgIpc) is 2.73. The van der Waals surface area contributed by atoms with E-state index in [0.29, 0.717) is 19.4 Å². The maximum atomic E-state index is 11.9. The van der Waals surface area contributed by atoms with E-state index in [2.05, 4.69) is 10.6 Å². The number of amides is 3. The van der Waals surface area contributed by atoms with Gasteiger partial charge in [-0.3, -0.25) is 14.4 Å². The number of hydrogen-bond acceptors (Lipinski definition) is 4. The molecule has 7 nitrogen and oxygen atoms in total. The Kier molecular flexibility index (Phi) is 8.27. The van der Waals surface area contributed by atoms with E-state index in [1.165, 1.54) is 0 Å². The molecular formula is C13H25ClN4O3. The topological polar surface area (TPSA) is 127 Å². The summed E-state index contributed by atoms with van der Waals surface area (Å²) >= 11 is 0. The molecule has 1 saturated heterocycles. The van der Waals surface area contributed by atoms with Gasteiger partial charge in [0.25, 0.3) is 0 Å². The Balaban J connectivity index is 0.00000400. The van der Waals surface area contributed by atoms with Gasteiger partial charge >= 0.3 is 0 Å². The van der Waals surface area contributed by atoms with Gasteiger partial charge in [0.2, 0.25) is 17.7 Å². The summed E-state index contributed by atoms with van der Waals surface area (Å²) in [5.41, 5.74) is 11.0. The molecule has 1 fully saturated rings. The van der Waals surface area contributed by atoms with Crippen molar-refractivity contribution in [2.24, 2.45) is 23.3 Å². The van der Waals surface area contributed by atoms with E-state index < -0.39 is 23.9 Å². The summed E-state index contributed by atoms with van der Waals surface area (Å²) in [7, 11) is 0. The van der Waals surface area contributed by atoms with E-state index in [-0.39, 0.29) is 36.6 Å². The monoisotopic (exact) mass is 320 g/mol. The lowest BCUT2D eigenvalue weighted by Gasteiger charge is -2.21. The fraction of sp³-hybridized carbons (Fsp3) is 0.769. The van der Waals surface area contributed by atoms with Gasteiger partial charge in [-0.15, -0.1) is 12.4 Å². The molecule has 0 aliphatic carbocycles. The molecule has 3 amide bonds. The van der Waals surface area contributed by atoms with Crippen LogP contribution in [0.1, 0.15) is 33.1 Å². The molecule has 122 valence electrons. The van der Waals surface area contributed by atoms with Crippen LogP contribution in [-0.4, -0.2) is 36.3 Å². The number of carbonyl (C=O) groups excluding carboxylic acids is 3. The van der Waals surface area contributed by atoms with Gasteiger partial charge < -0.3 is 22.1 Å². The fourth-order valence-corrected chi connectivity index (χ4v) is 2.29. The van der Waals surface area contributed by atoms with Crippen molar-refractivity contribution in [1.82, 2.24) is 10.6 Å². The molecule has 0 aromatic rings. The van der Waals surface area contributed by atoms with Gasteiger partial charge in [-0.05, 0) is 25.2 Å². The minimum Gasteiger partial charge on any atom is -0.368 e. The first kappa shape index (κ1) is 19.7. The number of rotatable bonds is 7. The lowest BCUT2D eigenvalue weighted by Crippen LogP contribution is -2.51. The highest BCUT2D eigenvalue weighted by atomic mass is 35.5. The van der Waals surface area contributed by atoms with Crippen molar-refractivity contribution >= 4 is 30.1 Å². The summed E-state index contributed by atoms with van der Waals surface area (Å²) in [5.74, 6) is -1.15. The van der Waals surface area contributed by atoms with Crippen LogP contribution in [-0.2, 0) is 14.4 Å². The minimum absolute atomic E-state index is 0. The van der Waals surface area contributed by atoms with Crippen molar-refractivity contribution in [2.75, 3.05) is 6.54 Å². The van der Waals surface area contributed by atoms with E-state index in [0.717, 1.165) is 0 Å². The molecule has 0 unspecified atom stereocenters. The van der Waals surface area contributed by atoms with E-state index in [1.54, 1.807) is 0 Å². The molecule has 1 heterocycles. The zero-order valence-corrected chi connectivity index (χ0v) is 13.2. The average molecular weight is 321 g/mol. The molecule has 0 aromatic heterocycles. The van der Waals surface area contributed by atoms with Crippen molar-refractivity contribution in [1.29, 1.82) is 0 Å². The van der Waals surface area contributed by atoms with Crippen molar-refractivity contribution in [3.05, 3.63) is 0 Å². The molecule has 8 heteroatoms. The van der Waals surface area contributed by atoms with Gasteiger partial charge in [0.05, 0.1) is 6.04 Å². The smallest absolute Gasteiger partial charge is 0.240 e. The van der Waals surface area contributed by atoms with E-state index in [9.17, 15) is 14.4 Å². The van der Waals surface area contributed by atoms with Crippen molar-refractivity contribution in [2.45, 2.75) is 45.2 Å². The van der Waals surface area contributed by atoms with Gasteiger partial charge in [-0.1, -0.05) is 13.8 Å². The summed E-state index contributed by atoms with van der Waals surface area (Å²) in [6, 6.07) is -1.52. The van der Waals surface area contributed by atoms with Gasteiger partial charge in [-0.25, -0.2) is 0 Å². The Labute approximate surface area is 131 Å². The summed E-state index contributed by atoms with van der Waals surface area (Å²) in [4.78, 5) is 34.8. The molecular weight excluding hydrogens is 296 g/mol. The molecule has 21 heavy (non-hydrogen) atoms. The second-order valence-electron chi connectivity index (χ2n) is 5.71. The lowest BCUT2D eigenvalue weighted by molar-refractivity contribution is -0.129. The van der Waals surface area contributed by atoms with E-state index >= 15 is 0 Å². The van der Waals surface area contributed by atoms with Crippen LogP contribution >= 0.6 is 12.4 Å². The summed E-state index contributed by atoms with van der Waals surface area (Å²) in [5, 5.41) is 5.24. The minimum atomic E-state index is -0.852. The third kappa shape index (κ3) is 6.31. The largest absolute Gasteiger partial charge is 0.368 e. The Hall–Kier alpha value is -1.34. The molecule has 6 N–H and O–H groups in total. The van der Waals surface area contributed by atoms with Crippen LogP contribution in [0.15, 0.2) is 0 Å². The summed E-state index contributed by atoms with van der Waals surface area (Å²) in [6.07, 6.45) is 1.40. The lowest BCUT2D eigenvalue weighted by atomic mass is 9.97. The zero-order chi connectivity index (χ0) is 15.3. The van der Waals surface area contributed by atoms with Crippen molar-refractivity contribution in [3.63, 3.8) is 0 Å². The number of halogens is 1.